The molecule has 2 aromatic heterocycles. The molecule has 7 nitrogen and oxygen atoms in total. The standard InChI is InChI=1S/C20H22N4O3/c1-12-7-18-22-16(8-13(2)24(18)23-12)20(25)21-10-14-9-15-5-4-6-17(26-3)19(15)27-11-14/h4-8,14H,9-11H2,1-3H3,(H,21,25). The molecule has 27 heavy (non-hydrogen) atoms. The van der Waals surface area contributed by atoms with Crippen molar-refractivity contribution in [1.29, 1.82) is 0 Å². The first-order valence-electron chi connectivity index (χ1n) is 8.96. The first kappa shape index (κ1) is 17.3. The Labute approximate surface area is 157 Å². The Morgan fingerprint density at radius 2 is 2.22 bits per heavy atom. The molecule has 1 atom stereocenters. The number of aryl methyl sites for hydroxylation is 2. The fourth-order valence-electron chi connectivity index (χ4n) is 3.43. The molecule has 0 aliphatic carbocycles. The van der Waals surface area contributed by atoms with Crippen LogP contribution in [0.2, 0.25) is 0 Å². The van der Waals surface area contributed by atoms with Gasteiger partial charge in [-0.05, 0) is 38.0 Å². The first-order valence-corrected chi connectivity index (χ1v) is 8.96. The van der Waals surface area contributed by atoms with E-state index in [1.165, 1.54) is 0 Å². The molecule has 7 heteroatoms. The van der Waals surface area contributed by atoms with E-state index >= 15 is 0 Å². The smallest absolute Gasteiger partial charge is 0.270 e. The van der Waals surface area contributed by atoms with Crippen LogP contribution in [-0.2, 0) is 6.42 Å². The number of carbonyl (C=O) groups excluding carboxylic acids is 1. The highest BCUT2D eigenvalue weighted by Crippen LogP contribution is 2.35. The van der Waals surface area contributed by atoms with Crippen LogP contribution in [-0.4, -0.2) is 40.8 Å². The lowest BCUT2D eigenvalue weighted by atomic mass is 9.96. The Kier molecular flexibility index (Phi) is 4.43. The number of aromatic nitrogens is 3. The summed E-state index contributed by atoms with van der Waals surface area (Å²) in [6.07, 6.45) is 0.833. The van der Waals surface area contributed by atoms with Crippen molar-refractivity contribution >= 4 is 11.6 Å². The molecular weight excluding hydrogens is 344 g/mol. The molecule has 0 bridgehead atoms. The number of hydrogen-bond acceptors (Lipinski definition) is 5. The van der Waals surface area contributed by atoms with Crippen LogP contribution in [0.1, 0.15) is 27.4 Å². The summed E-state index contributed by atoms with van der Waals surface area (Å²) in [6.45, 7) is 4.89. The Hall–Kier alpha value is -3.09. The lowest BCUT2D eigenvalue weighted by molar-refractivity contribution is 0.0933. The van der Waals surface area contributed by atoms with E-state index in [0.717, 1.165) is 34.9 Å². The van der Waals surface area contributed by atoms with E-state index in [0.29, 0.717) is 24.5 Å². The van der Waals surface area contributed by atoms with Crippen LogP contribution >= 0.6 is 0 Å². The maximum Gasteiger partial charge on any atom is 0.270 e. The van der Waals surface area contributed by atoms with Gasteiger partial charge in [-0.1, -0.05) is 12.1 Å². The number of rotatable bonds is 4. The van der Waals surface area contributed by atoms with Crippen LogP contribution in [0, 0.1) is 19.8 Å². The highest BCUT2D eigenvalue weighted by molar-refractivity contribution is 5.92. The second-order valence-corrected chi connectivity index (χ2v) is 6.88. The molecule has 0 saturated carbocycles. The molecule has 1 aliphatic heterocycles. The number of ether oxygens (including phenoxy) is 2. The highest BCUT2D eigenvalue weighted by atomic mass is 16.5. The van der Waals surface area contributed by atoms with Crippen molar-refractivity contribution in [2.45, 2.75) is 20.3 Å². The van der Waals surface area contributed by atoms with Crippen molar-refractivity contribution in [1.82, 2.24) is 19.9 Å². The lowest BCUT2D eigenvalue weighted by Gasteiger charge is -2.26. The monoisotopic (exact) mass is 366 g/mol. The number of nitrogens with one attached hydrogen (secondary N) is 1. The molecule has 1 aromatic carbocycles. The first-order chi connectivity index (χ1) is 13.0. The van der Waals surface area contributed by atoms with Crippen LogP contribution < -0.4 is 14.8 Å². The number of carbonyl (C=O) groups is 1. The zero-order valence-electron chi connectivity index (χ0n) is 15.7. The van der Waals surface area contributed by atoms with E-state index in [2.05, 4.69) is 15.4 Å². The van der Waals surface area contributed by atoms with Gasteiger partial charge >= 0.3 is 0 Å². The van der Waals surface area contributed by atoms with E-state index in [-0.39, 0.29) is 11.8 Å². The zero-order chi connectivity index (χ0) is 19.0. The molecule has 0 fully saturated rings. The molecule has 1 aliphatic rings. The van der Waals surface area contributed by atoms with Crippen molar-refractivity contribution in [3.8, 4) is 11.5 Å². The Morgan fingerprint density at radius 3 is 3.04 bits per heavy atom. The third-order valence-corrected chi connectivity index (χ3v) is 4.76. The number of benzene rings is 1. The molecule has 0 spiro atoms. The topological polar surface area (TPSA) is 77.8 Å². The third-order valence-electron chi connectivity index (χ3n) is 4.76. The highest BCUT2D eigenvalue weighted by Gasteiger charge is 2.23. The predicted molar refractivity (Wildman–Crippen MR) is 100 cm³/mol. The molecule has 3 heterocycles. The van der Waals surface area contributed by atoms with Crippen molar-refractivity contribution in [2.75, 3.05) is 20.3 Å². The second kappa shape index (κ2) is 6.90. The summed E-state index contributed by atoms with van der Waals surface area (Å²) in [5.41, 5.74) is 3.93. The van der Waals surface area contributed by atoms with Gasteiger partial charge < -0.3 is 14.8 Å². The van der Waals surface area contributed by atoms with Crippen LogP contribution in [0.25, 0.3) is 5.65 Å². The minimum atomic E-state index is -0.184. The normalized spacial score (nSPS) is 15.9. The number of hydrogen-bond donors (Lipinski definition) is 1. The van der Waals surface area contributed by atoms with Crippen LogP contribution in [0.4, 0.5) is 0 Å². The van der Waals surface area contributed by atoms with Crippen molar-refractivity contribution in [3.05, 3.63) is 53.0 Å². The molecule has 3 aromatic rings. The van der Waals surface area contributed by atoms with Crippen molar-refractivity contribution in [2.24, 2.45) is 5.92 Å². The Morgan fingerprint density at radius 1 is 1.37 bits per heavy atom. The van der Waals surface area contributed by atoms with Gasteiger partial charge in [0.05, 0.1) is 19.4 Å². The number of methoxy groups -OCH3 is 1. The predicted octanol–water partition coefficient (Wildman–Crippen LogP) is 2.34. The van der Waals surface area contributed by atoms with Crippen LogP contribution in [0.15, 0.2) is 30.3 Å². The van der Waals surface area contributed by atoms with Crippen molar-refractivity contribution < 1.29 is 14.3 Å². The number of para-hydroxylation sites is 1. The van der Waals surface area contributed by atoms with E-state index < -0.39 is 0 Å². The summed E-state index contributed by atoms with van der Waals surface area (Å²) in [4.78, 5) is 17.0. The van der Waals surface area contributed by atoms with Gasteiger partial charge in [-0.3, -0.25) is 4.79 Å². The van der Waals surface area contributed by atoms with Gasteiger partial charge in [-0.25, -0.2) is 9.50 Å². The van der Waals surface area contributed by atoms with Crippen LogP contribution in [0.3, 0.4) is 0 Å². The van der Waals surface area contributed by atoms with Gasteiger partial charge in [0.15, 0.2) is 17.1 Å². The van der Waals surface area contributed by atoms with E-state index in [9.17, 15) is 4.79 Å². The Bertz CT molecular complexity index is 1010. The van der Waals surface area contributed by atoms with E-state index in [1.54, 1.807) is 17.7 Å². The molecule has 4 rings (SSSR count). The average Bonchev–Trinajstić information content (AvgIpc) is 3.06. The van der Waals surface area contributed by atoms with Crippen LogP contribution in [0.5, 0.6) is 11.5 Å². The molecule has 1 amide bonds. The fraction of sp³-hybridized carbons (Fsp3) is 0.350. The van der Waals surface area contributed by atoms with E-state index in [4.69, 9.17) is 9.47 Å². The van der Waals surface area contributed by atoms with Gasteiger partial charge in [0.25, 0.3) is 5.91 Å². The minimum absolute atomic E-state index is 0.184. The number of fused-ring (bicyclic) bond motifs is 2. The largest absolute Gasteiger partial charge is 0.493 e. The molecule has 0 saturated heterocycles. The maximum atomic E-state index is 12.6. The number of amides is 1. The van der Waals surface area contributed by atoms with E-state index in [1.807, 2.05) is 38.1 Å². The summed E-state index contributed by atoms with van der Waals surface area (Å²) < 4.78 is 13.0. The molecule has 140 valence electrons. The van der Waals surface area contributed by atoms with Gasteiger partial charge in [-0.2, -0.15) is 5.10 Å². The summed E-state index contributed by atoms with van der Waals surface area (Å²) in [7, 11) is 1.64. The fourth-order valence-corrected chi connectivity index (χ4v) is 3.43. The second-order valence-electron chi connectivity index (χ2n) is 6.88. The third kappa shape index (κ3) is 3.32. The molecule has 1 N–H and O–H groups in total. The summed E-state index contributed by atoms with van der Waals surface area (Å²) >= 11 is 0. The lowest BCUT2D eigenvalue weighted by Crippen LogP contribution is -2.35. The van der Waals surface area contributed by atoms with Gasteiger partial charge in [-0.15, -0.1) is 0 Å². The summed E-state index contributed by atoms with van der Waals surface area (Å²) in [5.74, 6) is 1.58. The van der Waals surface area contributed by atoms with Gasteiger partial charge in [0.2, 0.25) is 0 Å². The maximum absolute atomic E-state index is 12.6. The van der Waals surface area contributed by atoms with Crippen molar-refractivity contribution in [3.63, 3.8) is 0 Å². The Balaban J connectivity index is 1.44. The van der Waals surface area contributed by atoms with Gasteiger partial charge in [0, 0.05) is 24.2 Å². The van der Waals surface area contributed by atoms with Gasteiger partial charge in [0.1, 0.15) is 5.69 Å². The molecule has 0 radical (unpaired) electrons. The zero-order valence-corrected chi connectivity index (χ0v) is 15.7. The number of nitrogens with zero attached hydrogens (tertiary/aromatic N) is 3. The summed E-state index contributed by atoms with van der Waals surface area (Å²) in [5, 5.41) is 7.35. The average molecular weight is 366 g/mol. The molecule has 1 unspecified atom stereocenters. The SMILES string of the molecule is COc1cccc2c1OCC(CNC(=O)c1cc(C)n3nc(C)cc3n1)C2. The quantitative estimate of drug-likeness (QED) is 0.767. The minimum Gasteiger partial charge on any atom is -0.493 e. The molecular formula is C20H22N4O3. The summed E-state index contributed by atoms with van der Waals surface area (Å²) in [6, 6.07) is 9.50.